The quantitative estimate of drug-likeness (QED) is 0.848. The lowest BCUT2D eigenvalue weighted by Crippen LogP contribution is -2.05. The predicted molar refractivity (Wildman–Crippen MR) is 72.9 cm³/mol. The van der Waals surface area contributed by atoms with Crippen molar-refractivity contribution in [1.29, 1.82) is 0 Å². The van der Waals surface area contributed by atoms with Crippen molar-refractivity contribution in [1.82, 2.24) is 0 Å². The fraction of sp³-hybridized carbons (Fsp3) is 0.167. The van der Waals surface area contributed by atoms with E-state index in [1.165, 1.54) is 17.0 Å². The Morgan fingerprint density at radius 2 is 1.94 bits per heavy atom. The van der Waals surface area contributed by atoms with Crippen molar-refractivity contribution < 1.29 is 4.39 Å². The maximum absolute atomic E-state index is 13.0. The van der Waals surface area contributed by atoms with Gasteiger partial charge in [-0.2, -0.15) is 0 Å². The molecule has 0 aliphatic rings. The summed E-state index contributed by atoms with van der Waals surface area (Å²) in [6, 6.07) is 6.58. The van der Waals surface area contributed by atoms with Crippen LogP contribution in [0.5, 0.6) is 0 Å². The molecular formula is C12H10Cl2FNS. The van der Waals surface area contributed by atoms with Gasteiger partial charge in [0.1, 0.15) is 5.82 Å². The van der Waals surface area contributed by atoms with Crippen LogP contribution in [0.4, 0.5) is 10.1 Å². The second-order valence-corrected chi connectivity index (χ2v) is 5.35. The molecule has 2 aromatic rings. The number of anilines is 1. The van der Waals surface area contributed by atoms with Crippen molar-refractivity contribution in [3.05, 3.63) is 50.4 Å². The fourth-order valence-corrected chi connectivity index (χ4v) is 2.78. The molecule has 1 N–H and O–H groups in total. The third kappa shape index (κ3) is 3.35. The number of hydrogen-bond acceptors (Lipinski definition) is 2. The number of benzene rings is 1. The molecule has 17 heavy (non-hydrogen) atoms. The molecule has 2 rings (SSSR count). The lowest BCUT2D eigenvalue weighted by atomic mass is 10.3. The number of halogens is 3. The first-order chi connectivity index (χ1) is 8.16. The van der Waals surface area contributed by atoms with Gasteiger partial charge in [0.05, 0.1) is 15.7 Å². The lowest BCUT2D eigenvalue weighted by Gasteiger charge is -2.09. The Labute approximate surface area is 113 Å². The number of hydrogen-bond donors (Lipinski definition) is 1. The highest BCUT2D eigenvalue weighted by atomic mass is 35.5. The first-order valence-electron chi connectivity index (χ1n) is 5.07. The maximum Gasteiger partial charge on any atom is 0.126 e. The van der Waals surface area contributed by atoms with Gasteiger partial charge in [0, 0.05) is 11.4 Å². The van der Waals surface area contributed by atoms with Crippen molar-refractivity contribution in [3.8, 4) is 0 Å². The minimum atomic E-state index is -0.427. The topological polar surface area (TPSA) is 12.0 Å². The van der Waals surface area contributed by atoms with Gasteiger partial charge in [-0.3, -0.25) is 0 Å². The molecule has 0 spiro atoms. The predicted octanol–water partition coefficient (Wildman–Crippen LogP) is 4.85. The van der Waals surface area contributed by atoms with E-state index in [9.17, 15) is 4.39 Å². The molecule has 0 bridgehead atoms. The Kier molecular flexibility index (Phi) is 4.26. The standard InChI is InChI=1S/C12H10Cl2FNS/c13-10-6-8(15)7-11(14)12(10)16-4-3-9-2-1-5-17-9/h1-2,5-7,16H,3-4H2. The molecule has 0 fully saturated rings. The van der Waals surface area contributed by atoms with Gasteiger partial charge >= 0.3 is 0 Å². The average molecular weight is 290 g/mol. The van der Waals surface area contributed by atoms with E-state index in [1.54, 1.807) is 11.3 Å². The fourth-order valence-electron chi connectivity index (χ4n) is 1.48. The van der Waals surface area contributed by atoms with Crippen LogP contribution in [0, 0.1) is 5.82 Å². The van der Waals surface area contributed by atoms with Crippen LogP contribution in [0.15, 0.2) is 29.6 Å². The van der Waals surface area contributed by atoms with Gasteiger partial charge < -0.3 is 5.32 Å². The summed E-state index contributed by atoms with van der Waals surface area (Å²) >= 11 is 13.5. The summed E-state index contributed by atoms with van der Waals surface area (Å²) in [6.45, 7) is 0.714. The van der Waals surface area contributed by atoms with Gasteiger partial charge in [0.15, 0.2) is 0 Å². The molecular weight excluding hydrogens is 280 g/mol. The molecule has 1 aromatic carbocycles. The Bertz CT molecular complexity index is 476. The molecule has 1 aromatic heterocycles. The summed E-state index contributed by atoms with van der Waals surface area (Å²) in [5.41, 5.74) is 0.589. The molecule has 0 atom stereocenters. The molecule has 0 aliphatic heterocycles. The van der Waals surface area contributed by atoms with E-state index in [0.29, 0.717) is 22.3 Å². The Balaban J connectivity index is 1.99. The van der Waals surface area contributed by atoms with E-state index in [4.69, 9.17) is 23.2 Å². The zero-order valence-electron chi connectivity index (χ0n) is 8.84. The van der Waals surface area contributed by atoms with Crippen molar-refractivity contribution in [2.75, 3.05) is 11.9 Å². The van der Waals surface area contributed by atoms with Crippen LogP contribution in [0.3, 0.4) is 0 Å². The summed E-state index contributed by atoms with van der Waals surface area (Å²) in [6.07, 6.45) is 0.891. The minimum absolute atomic E-state index is 0.307. The Hall–Kier alpha value is -0.770. The largest absolute Gasteiger partial charge is 0.382 e. The zero-order valence-corrected chi connectivity index (χ0v) is 11.2. The maximum atomic E-state index is 13.0. The number of nitrogens with one attached hydrogen (secondary N) is 1. The van der Waals surface area contributed by atoms with Crippen molar-refractivity contribution in [3.63, 3.8) is 0 Å². The molecule has 90 valence electrons. The first-order valence-corrected chi connectivity index (χ1v) is 6.71. The van der Waals surface area contributed by atoms with E-state index in [0.717, 1.165) is 6.42 Å². The van der Waals surface area contributed by atoms with Crippen molar-refractivity contribution in [2.45, 2.75) is 6.42 Å². The van der Waals surface area contributed by atoms with Gasteiger partial charge in [-0.15, -0.1) is 11.3 Å². The third-order valence-corrected chi connectivity index (χ3v) is 3.79. The highest BCUT2D eigenvalue weighted by Crippen LogP contribution is 2.31. The zero-order chi connectivity index (χ0) is 12.3. The normalized spacial score (nSPS) is 10.5. The van der Waals surface area contributed by atoms with Crippen LogP contribution >= 0.6 is 34.5 Å². The van der Waals surface area contributed by atoms with Gasteiger partial charge in [-0.1, -0.05) is 29.3 Å². The molecule has 0 unspecified atom stereocenters. The van der Waals surface area contributed by atoms with Gasteiger partial charge in [-0.25, -0.2) is 4.39 Å². The van der Waals surface area contributed by atoms with Crippen molar-refractivity contribution >= 4 is 40.2 Å². The molecule has 0 saturated heterocycles. The van der Waals surface area contributed by atoms with Crippen LogP contribution in [0.25, 0.3) is 0 Å². The molecule has 1 heterocycles. The van der Waals surface area contributed by atoms with Gasteiger partial charge in [-0.05, 0) is 30.0 Å². The molecule has 0 radical (unpaired) electrons. The van der Waals surface area contributed by atoms with Crippen molar-refractivity contribution in [2.24, 2.45) is 0 Å². The van der Waals surface area contributed by atoms with Crippen LogP contribution in [-0.2, 0) is 6.42 Å². The summed E-state index contributed by atoms with van der Waals surface area (Å²) in [7, 11) is 0. The SMILES string of the molecule is Fc1cc(Cl)c(NCCc2cccs2)c(Cl)c1. The highest BCUT2D eigenvalue weighted by Gasteiger charge is 2.07. The van der Waals surface area contributed by atoms with Gasteiger partial charge in [0.2, 0.25) is 0 Å². The highest BCUT2D eigenvalue weighted by molar-refractivity contribution is 7.09. The molecule has 0 amide bonds. The first kappa shape index (κ1) is 12.7. The number of thiophene rings is 1. The van der Waals surface area contributed by atoms with Crippen LogP contribution in [0.1, 0.15) is 4.88 Å². The summed E-state index contributed by atoms with van der Waals surface area (Å²) in [4.78, 5) is 1.28. The Morgan fingerprint density at radius 1 is 1.24 bits per heavy atom. The van der Waals surface area contributed by atoms with Crippen LogP contribution in [-0.4, -0.2) is 6.54 Å². The molecule has 5 heteroatoms. The summed E-state index contributed by atoms with van der Waals surface area (Å²) in [5.74, 6) is -0.427. The monoisotopic (exact) mass is 289 g/mol. The van der Waals surface area contributed by atoms with E-state index >= 15 is 0 Å². The summed E-state index contributed by atoms with van der Waals surface area (Å²) < 4.78 is 13.0. The van der Waals surface area contributed by atoms with Gasteiger partial charge in [0.25, 0.3) is 0 Å². The second-order valence-electron chi connectivity index (χ2n) is 3.50. The third-order valence-electron chi connectivity index (χ3n) is 2.26. The average Bonchev–Trinajstić information content (AvgIpc) is 2.74. The van der Waals surface area contributed by atoms with E-state index in [2.05, 4.69) is 11.4 Å². The van der Waals surface area contributed by atoms with E-state index in [-0.39, 0.29) is 0 Å². The molecule has 1 nitrogen and oxygen atoms in total. The number of rotatable bonds is 4. The van der Waals surface area contributed by atoms with Crippen LogP contribution < -0.4 is 5.32 Å². The lowest BCUT2D eigenvalue weighted by molar-refractivity contribution is 0.628. The van der Waals surface area contributed by atoms with Crippen LogP contribution in [0.2, 0.25) is 10.0 Å². The molecule has 0 aliphatic carbocycles. The summed E-state index contributed by atoms with van der Waals surface area (Å²) in [5, 5.41) is 5.77. The molecule has 0 saturated carbocycles. The Morgan fingerprint density at radius 3 is 2.53 bits per heavy atom. The van der Waals surface area contributed by atoms with E-state index < -0.39 is 5.82 Å². The smallest absolute Gasteiger partial charge is 0.126 e. The second kappa shape index (κ2) is 5.71. The minimum Gasteiger partial charge on any atom is -0.382 e. The van der Waals surface area contributed by atoms with E-state index in [1.807, 2.05) is 11.4 Å².